The Labute approximate surface area is 105 Å². The second kappa shape index (κ2) is 4.97. The summed E-state index contributed by atoms with van der Waals surface area (Å²) < 4.78 is 0. The van der Waals surface area contributed by atoms with Crippen LogP contribution in [0, 0.1) is 11.8 Å². The summed E-state index contributed by atoms with van der Waals surface area (Å²) in [6, 6.07) is 0.0357. The lowest BCUT2D eigenvalue weighted by Gasteiger charge is -2.40. The highest BCUT2D eigenvalue weighted by molar-refractivity contribution is 5.82. The summed E-state index contributed by atoms with van der Waals surface area (Å²) in [5.74, 6) is 1.78. The van der Waals surface area contributed by atoms with Crippen molar-refractivity contribution in [1.82, 2.24) is 10.6 Å². The molecule has 1 aliphatic carbocycles. The zero-order chi connectivity index (χ0) is 12.5. The molecule has 98 valence electrons. The van der Waals surface area contributed by atoms with Gasteiger partial charge in [-0.3, -0.25) is 4.79 Å². The number of hydrogen-bond acceptors (Lipinski definition) is 2. The molecule has 2 rings (SSSR count). The third-order valence-electron chi connectivity index (χ3n) is 4.05. The van der Waals surface area contributed by atoms with Gasteiger partial charge in [0.25, 0.3) is 0 Å². The van der Waals surface area contributed by atoms with Crippen molar-refractivity contribution in [3.8, 4) is 0 Å². The molecule has 1 saturated carbocycles. The second-order valence-corrected chi connectivity index (χ2v) is 6.74. The maximum atomic E-state index is 12.1. The van der Waals surface area contributed by atoms with E-state index in [0.29, 0.717) is 0 Å². The van der Waals surface area contributed by atoms with E-state index < -0.39 is 0 Å². The lowest BCUT2D eigenvalue weighted by molar-refractivity contribution is -0.126. The largest absolute Gasteiger partial charge is 0.350 e. The van der Waals surface area contributed by atoms with E-state index in [9.17, 15) is 4.79 Å². The average molecular weight is 238 g/mol. The summed E-state index contributed by atoms with van der Waals surface area (Å²) in [6.07, 6.45) is 6.44. The summed E-state index contributed by atoms with van der Waals surface area (Å²) in [4.78, 5) is 12.1. The fraction of sp³-hybridized carbons (Fsp3) is 0.929. The maximum absolute atomic E-state index is 12.1. The van der Waals surface area contributed by atoms with Gasteiger partial charge in [0.1, 0.15) is 0 Å². The molecule has 3 heteroatoms. The van der Waals surface area contributed by atoms with Gasteiger partial charge in [-0.2, -0.15) is 0 Å². The van der Waals surface area contributed by atoms with Gasteiger partial charge in [-0.25, -0.2) is 0 Å². The van der Waals surface area contributed by atoms with Crippen molar-refractivity contribution < 1.29 is 4.79 Å². The van der Waals surface area contributed by atoms with Gasteiger partial charge >= 0.3 is 0 Å². The summed E-state index contributed by atoms with van der Waals surface area (Å²) in [5.41, 5.74) is -0.123. The first-order valence-electron chi connectivity index (χ1n) is 7.01. The van der Waals surface area contributed by atoms with Crippen LogP contribution >= 0.6 is 0 Å². The molecule has 2 aliphatic rings. The van der Waals surface area contributed by atoms with E-state index in [1.807, 2.05) is 20.8 Å². The zero-order valence-electron chi connectivity index (χ0n) is 11.4. The summed E-state index contributed by atoms with van der Waals surface area (Å²) in [5, 5.41) is 6.51. The molecule has 0 aromatic carbocycles. The third kappa shape index (κ3) is 3.44. The number of fused-ring (bicyclic) bond motifs is 1. The van der Waals surface area contributed by atoms with Gasteiger partial charge in [0.15, 0.2) is 0 Å². The minimum atomic E-state index is -0.123. The topological polar surface area (TPSA) is 41.1 Å². The quantitative estimate of drug-likeness (QED) is 0.734. The number of nitrogens with one attached hydrogen (secondary N) is 2. The fourth-order valence-electron chi connectivity index (χ4n) is 3.20. The van der Waals surface area contributed by atoms with Crippen LogP contribution in [-0.4, -0.2) is 24.0 Å². The Kier molecular flexibility index (Phi) is 3.76. The highest BCUT2D eigenvalue weighted by Gasteiger charge is 2.35. The van der Waals surface area contributed by atoms with E-state index in [4.69, 9.17) is 0 Å². The Balaban J connectivity index is 1.89. The number of amides is 1. The van der Waals surface area contributed by atoms with E-state index in [2.05, 4.69) is 10.6 Å². The third-order valence-corrected chi connectivity index (χ3v) is 4.05. The highest BCUT2D eigenvalue weighted by atomic mass is 16.2. The Morgan fingerprint density at radius 1 is 1.18 bits per heavy atom. The Morgan fingerprint density at radius 2 is 1.82 bits per heavy atom. The molecule has 0 bridgehead atoms. The van der Waals surface area contributed by atoms with Crippen molar-refractivity contribution in [3.05, 3.63) is 0 Å². The predicted molar refractivity (Wildman–Crippen MR) is 69.8 cm³/mol. The van der Waals surface area contributed by atoms with Crippen LogP contribution in [0.4, 0.5) is 0 Å². The van der Waals surface area contributed by atoms with Crippen molar-refractivity contribution in [3.63, 3.8) is 0 Å². The molecular weight excluding hydrogens is 212 g/mol. The van der Waals surface area contributed by atoms with E-state index in [1.165, 1.54) is 25.7 Å². The Bertz CT molecular complexity index is 282. The molecule has 2 fully saturated rings. The predicted octanol–water partition coefficient (Wildman–Crippen LogP) is 2.07. The van der Waals surface area contributed by atoms with E-state index in [-0.39, 0.29) is 17.5 Å². The molecule has 0 radical (unpaired) electrons. The molecule has 17 heavy (non-hydrogen) atoms. The van der Waals surface area contributed by atoms with E-state index >= 15 is 0 Å². The SMILES string of the molecule is CC(C)(C)NC(=O)C1C[C@@H]2CCCC[C@@H]2CN1. The van der Waals surface area contributed by atoms with Gasteiger partial charge in [-0.05, 0) is 52.0 Å². The standard InChI is InChI=1S/C14H26N2O/c1-14(2,3)16-13(17)12-8-10-6-4-5-7-11(10)9-15-12/h10-12,15H,4-9H2,1-3H3,(H,16,17)/t10-,11+,12?/m0/s1. The van der Waals surface area contributed by atoms with Crippen molar-refractivity contribution in [2.24, 2.45) is 11.8 Å². The summed E-state index contributed by atoms with van der Waals surface area (Å²) in [7, 11) is 0. The van der Waals surface area contributed by atoms with Gasteiger partial charge in [0, 0.05) is 5.54 Å². The number of piperidine rings is 1. The molecule has 2 N–H and O–H groups in total. The van der Waals surface area contributed by atoms with Crippen LogP contribution in [0.3, 0.4) is 0 Å². The van der Waals surface area contributed by atoms with Crippen LogP contribution in [0.2, 0.25) is 0 Å². The Hall–Kier alpha value is -0.570. The van der Waals surface area contributed by atoms with Gasteiger partial charge in [0.2, 0.25) is 5.91 Å². The van der Waals surface area contributed by atoms with Gasteiger partial charge in [-0.15, -0.1) is 0 Å². The molecule has 1 heterocycles. The molecule has 0 spiro atoms. The smallest absolute Gasteiger partial charge is 0.237 e. The second-order valence-electron chi connectivity index (χ2n) is 6.74. The first-order chi connectivity index (χ1) is 7.96. The first kappa shape index (κ1) is 12.9. The molecule has 0 aromatic heterocycles. The minimum Gasteiger partial charge on any atom is -0.350 e. The molecule has 1 amide bonds. The zero-order valence-corrected chi connectivity index (χ0v) is 11.4. The normalized spacial score (nSPS) is 33.9. The molecule has 3 atom stereocenters. The van der Waals surface area contributed by atoms with Gasteiger partial charge in [0.05, 0.1) is 6.04 Å². The van der Waals surface area contributed by atoms with Crippen LogP contribution in [0.5, 0.6) is 0 Å². The van der Waals surface area contributed by atoms with Crippen LogP contribution in [0.25, 0.3) is 0 Å². The fourth-order valence-corrected chi connectivity index (χ4v) is 3.20. The monoisotopic (exact) mass is 238 g/mol. The number of carbonyl (C=O) groups excluding carboxylic acids is 1. The number of rotatable bonds is 1. The molecule has 1 aliphatic heterocycles. The lowest BCUT2D eigenvalue weighted by Crippen LogP contribution is -2.55. The molecule has 0 aromatic rings. The van der Waals surface area contributed by atoms with Crippen LogP contribution in [-0.2, 0) is 4.79 Å². The van der Waals surface area contributed by atoms with Crippen molar-refractivity contribution in [2.75, 3.05) is 6.54 Å². The highest BCUT2D eigenvalue weighted by Crippen LogP contribution is 2.35. The summed E-state index contributed by atoms with van der Waals surface area (Å²) in [6.45, 7) is 7.15. The maximum Gasteiger partial charge on any atom is 0.237 e. The number of hydrogen-bond donors (Lipinski definition) is 2. The molecular formula is C14H26N2O. The lowest BCUT2D eigenvalue weighted by atomic mass is 9.73. The van der Waals surface area contributed by atoms with Crippen LogP contribution in [0.15, 0.2) is 0 Å². The van der Waals surface area contributed by atoms with Crippen molar-refractivity contribution in [2.45, 2.75) is 64.5 Å². The van der Waals surface area contributed by atoms with Crippen LogP contribution in [0.1, 0.15) is 52.9 Å². The van der Waals surface area contributed by atoms with Crippen molar-refractivity contribution >= 4 is 5.91 Å². The van der Waals surface area contributed by atoms with Crippen LogP contribution < -0.4 is 10.6 Å². The first-order valence-corrected chi connectivity index (χ1v) is 7.01. The van der Waals surface area contributed by atoms with Gasteiger partial charge in [-0.1, -0.05) is 19.3 Å². The van der Waals surface area contributed by atoms with Crippen molar-refractivity contribution in [1.29, 1.82) is 0 Å². The molecule has 1 unspecified atom stereocenters. The van der Waals surface area contributed by atoms with E-state index in [0.717, 1.165) is 24.8 Å². The number of carbonyl (C=O) groups is 1. The molecule has 3 nitrogen and oxygen atoms in total. The average Bonchev–Trinajstić information content (AvgIpc) is 2.26. The van der Waals surface area contributed by atoms with E-state index in [1.54, 1.807) is 0 Å². The summed E-state index contributed by atoms with van der Waals surface area (Å²) >= 11 is 0. The Morgan fingerprint density at radius 3 is 2.47 bits per heavy atom. The minimum absolute atomic E-state index is 0.0357. The van der Waals surface area contributed by atoms with Gasteiger partial charge < -0.3 is 10.6 Å². The molecule has 1 saturated heterocycles.